The summed E-state index contributed by atoms with van der Waals surface area (Å²) in [4.78, 5) is -0.0666. The quantitative estimate of drug-likeness (QED) is 0.648. The van der Waals surface area contributed by atoms with Gasteiger partial charge in [-0.15, -0.1) is 0 Å². The van der Waals surface area contributed by atoms with Gasteiger partial charge in [-0.1, -0.05) is 42.0 Å². The second-order valence-corrected chi connectivity index (χ2v) is 7.59. The van der Waals surface area contributed by atoms with E-state index < -0.39 is 10.1 Å². The minimum absolute atomic E-state index is 0.0666. The molecular weight excluding hydrogens is 310 g/mol. The average molecular weight is 337 g/mol. The molecule has 0 unspecified atom stereocenters. The molecule has 5 heteroatoms. The lowest BCUT2D eigenvalue weighted by Crippen LogP contribution is -2.25. The molecule has 1 fully saturated rings. The van der Waals surface area contributed by atoms with E-state index in [1.165, 1.54) is 37.8 Å². The van der Waals surface area contributed by atoms with Crippen LogP contribution in [0.15, 0.2) is 53.5 Å². The van der Waals surface area contributed by atoms with Gasteiger partial charge in [0.25, 0.3) is 10.1 Å². The van der Waals surface area contributed by atoms with Crippen LogP contribution in [0.5, 0.6) is 0 Å². The Balaban J connectivity index is 0.000000231. The van der Waals surface area contributed by atoms with Crippen LogP contribution in [0, 0.1) is 12.8 Å². The van der Waals surface area contributed by atoms with E-state index in [1.807, 2.05) is 13.8 Å². The second kappa shape index (κ2) is 9.01. The summed E-state index contributed by atoms with van der Waals surface area (Å²) in [5.74, 6) is 0.751. The molecule has 0 atom stereocenters. The van der Waals surface area contributed by atoms with Crippen molar-refractivity contribution in [2.75, 3.05) is 0 Å². The van der Waals surface area contributed by atoms with Crippen molar-refractivity contribution in [3.8, 4) is 0 Å². The average Bonchev–Trinajstić information content (AvgIpc) is 2.47. The molecule has 23 heavy (non-hydrogen) atoms. The summed E-state index contributed by atoms with van der Waals surface area (Å²) in [6, 6.07) is 6.45. The molecule has 4 nitrogen and oxygen atoms in total. The summed E-state index contributed by atoms with van der Waals surface area (Å²) in [7, 11) is -4.02. The number of benzene rings is 1. The van der Waals surface area contributed by atoms with Gasteiger partial charge in [0, 0.05) is 6.04 Å². The summed E-state index contributed by atoms with van der Waals surface area (Å²) in [5.41, 5.74) is 7.91. The first-order valence-corrected chi connectivity index (χ1v) is 9.26. The summed E-state index contributed by atoms with van der Waals surface area (Å²) in [6.07, 6.45) is 9.29. The third kappa shape index (κ3) is 8.11. The van der Waals surface area contributed by atoms with E-state index in [-0.39, 0.29) is 4.90 Å². The number of hydrogen-bond donors (Lipinski definition) is 2. The van der Waals surface area contributed by atoms with Crippen LogP contribution in [0.4, 0.5) is 0 Å². The fourth-order valence-corrected chi connectivity index (χ4v) is 2.83. The fourth-order valence-electron chi connectivity index (χ4n) is 2.35. The molecule has 1 saturated carbocycles. The van der Waals surface area contributed by atoms with E-state index >= 15 is 0 Å². The second-order valence-electron chi connectivity index (χ2n) is 6.17. The van der Waals surface area contributed by atoms with Crippen molar-refractivity contribution in [1.29, 1.82) is 0 Å². The fraction of sp³-hybridized carbons (Fsp3) is 0.444. The van der Waals surface area contributed by atoms with Crippen LogP contribution in [0.1, 0.15) is 38.2 Å². The monoisotopic (exact) mass is 337 g/mol. The molecule has 0 aliphatic heterocycles. The lowest BCUT2D eigenvalue weighted by Gasteiger charge is -2.23. The number of nitrogens with two attached hydrogens (primary N) is 1. The normalized spacial score (nSPS) is 21.6. The summed E-state index contributed by atoms with van der Waals surface area (Å²) in [5, 5.41) is 0. The highest BCUT2D eigenvalue weighted by Gasteiger charge is 2.15. The summed E-state index contributed by atoms with van der Waals surface area (Å²) in [6.45, 7) is 7.72. The third-order valence-electron chi connectivity index (χ3n) is 3.79. The Morgan fingerprint density at radius 2 is 1.74 bits per heavy atom. The summed E-state index contributed by atoms with van der Waals surface area (Å²) < 4.78 is 29.6. The van der Waals surface area contributed by atoms with Gasteiger partial charge in [-0.25, -0.2) is 0 Å². The van der Waals surface area contributed by atoms with Crippen molar-refractivity contribution < 1.29 is 13.0 Å². The Hall–Kier alpha value is -1.43. The van der Waals surface area contributed by atoms with Crippen molar-refractivity contribution in [2.45, 2.75) is 50.5 Å². The van der Waals surface area contributed by atoms with E-state index in [1.54, 1.807) is 12.1 Å². The van der Waals surface area contributed by atoms with E-state index in [4.69, 9.17) is 10.3 Å². The highest BCUT2D eigenvalue weighted by molar-refractivity contribution is 7.85. The highest BCUT2D eigenvalue weighted by Crippen LogP contribution is 2.24. The predicted molar refractivity (Wildman–Crippen MR) is 94.9 cm³/mol. The highest BCUT2D eigenvalue weighted by atomic mass is 32.2. The Morgan fingerprint density at radius 3 is 2.17 bits per heavy atom. The zero-order chi connectivity index (χ0) is 17.5. The molecular formula is C18H27NO3S. The van der Waals surface area contributed by atoms with Crippen LogP contribution in [-0.2, 0) is 10.1 Å². The molecule has 0 radical (unpaired) electrons. The van der Waals surface area contributed by atoms with Crippen molar-refractivity contribution in [3.05, 3.63) is 54.1 Å². The first-order valence-electron chi connectivity index (χ1n) is 7.82. The molecule has 1 aliphatic rings. The van der Waals surface area contributed by atoms with E-state index in [0.717, 1.165) is 17.1 Å². The molecule has 2 rings (SSSR count). The zero-order valence-electron chi connectivity index (χ0n) is 13.9. The molecule has 3 N–H and O–H groups in total. The van der Waals surface area contributed by atoms with Crippen LogP contribution in [0.25, 0.3) is 0 Å². The van der Waals surface area contributed by atoms with Crippen molar-refractivity contribution in [2.24, 2.45) is 11.7 Å². The molecule has 128 valence electrons. The van der Waals surface area contributed by atoms with Crippen molar-refractivity contribution >= 4 is 10.1 Å². The lowest BCUT2D eigenvalue weighted by molar-refractivity contribution is 0.375. The SMILES string of the molecule is C=C(C)/C=C/[C@H]1CC[C@H](N)CC1.Cc1ccc(S(=O)(=O)O)cc1. The van der Waals surface area contributed by atoms with Gasteiger partial charge in [0.1, 0.15) is 0 Å². The van der Waals surface area contributed by atoms with Gasteiger partial charge in [0.2, 0.25) is 0 Å². The maximum Gasteiger partial charge on any atom is 0.294 e. The topological polar surface area (TPSA) is 80.4 Å². The van der Waals surface area contributed by atoms with Gasteiger partial charge in [-0.05, 0) is 57.6 Å². The Kier molecular flexibility index (Phi) is 7.68. The molecule has 1 aromatic carbocycles. The van der Waals surface area contributed by atoms with Crippen LogP contribution >= 0.6 is 0 Å². The van der Waals surface area contributed by atoms with Gasteiger partial charge in [-0.3, -0.25) is 4.55 Å². The van der Waals surface area contributed by atoms with Crippen LogP contribution in [-0.4, -0.2) is 19.0 Å². The van der Waals surface area contributed by atoms with Crippen LogP contribution in [0.2, 0.25) is 0 Å². The van der Waals surface area contributed by atoms with Crippen molar-refractivity contribution in [1.82, 2.24) is 0 Å². The van der Waals surface area contributed by atoms with Gasteiger partial charge < -0.3 is 5.73 Å². The standard InChI is InChI=1S/C11H19N.C7H8O3S/c1-9(2)3-4-10-5-7-11(12)8-6-10;1-6-2-4-7(5-3-6)11(8,9)10/h3-4,10-11H,1,5-8,12H2,2H3;2-5H,1H3,(H,8,9,10)/b4-3+;/t10-,11-;. The van der Waals surface area contributed by atoms with Crippen molar-refractivity contribution in [3.63, 3.8) is 0 Å². The van der Waals surface area contributed by atoms with E-state index in [2.05, 4.69) is 18.7 Å². The number of hydrogen-bond acceptors (Lipinski definition) is 3. The Morgan fingerprint density at radius 1 is 1.22 bits per heavy atom. The lowest BCUT2D eigenvalue weighted by atomic mass is 9.86. The predicted octanol–water partition coefficient (Wildman–Crippen LogP) is 3.88. The van der Waals surface area contributed by atoms with E-state index in [0.29, 0.717) is 6.04 Å². The number of allylic oxidation sites excluding steroid dienone is 3. The maximum atomic E-state index is 10.5. The zero-order valence-corrected chi connectivity index (χ0v) is 14.7. The molecule has 1 aliphatic carbocycles. The number of rotatable bonds is 3. The molecule has 0 spiro atoms. The maximum absolute atomic E-state index is 10.5. The minimum Gasteiger partial charge on any atom is -0.328 e. The first kappa shape index (κ1) is 19.6. The largest absolute Gasteiger partial charge is 0.328 e. The molecule has 0 heterocycles. The van der Waals surface area contributed by atoms with Gasteiger partial charge in [0.15, 0.2) is 0 Å². The molecule has 0 saturated heterocycles. The molecule has 0 amide bonds. The molecule has 0 aromatic heterocycles. The molecule has 1 aromatic rings. The van der Waals surface area contributed by atoms with Crippen LogP contribution < -0.4 is 5.73 Å². The number of aryl methyl sites for hydroxylation is 1. The third-order valence-corrected chi connectivity index (χ3v) is 4.66. The van der Waals surface area contributed by atoms with E-state index in [9.17, 15) is 8.42 Å². The smallest absolute Gasteiger partial charge is 0.294 e. The molecule has 0 bridgehead atoms. The Labute approximate surface area is 139 Å². The first-order chi connectivity index (χ1) is 10.7. The van der Waals surface area contributed by atoms with Crippen LogP contribution in [0.3, 0.4) is 0 Å². The van der Waals surface area contributed by atoms with Gasteiger partial charge in [0.05, 0.1) is 4.90 Å². The Bertz CT molecular complexity index is 625. The minimum atomic E-state index is -4.02. The van der Waals surface area contributed by atoms with Gasteiger partial charge in [-0.2, -0.15) is 8.42 Å². The summed E-state index contributed by atoms with van der Waals surface area (Å²) >= 11 is 0. The van der Waals surface area contributed by atoms with Gasteiger partial charge >= 0.3 is 0 Å².